The zero-order valence-electron chi connectivity index (χ0n) is 11.8. The van der Waals surface area contributed by atoms with E-state index < -0.39 is 0 Å². The Kier molecular flexibility index (Phi) is 6.73. The molecule has 0 aliphatic heterocycles. The van der Waals surface area contributed by atoms with Gasteiger partial charge in [0, 0.05) is 5.33 Å². The van der Waals surface area contributed by atoms with Crippen LogP contribution in [0.1, 0.15) is 26.3 Å². The number of allylic oxidation sites excluding steroid dienone is 1. The number of hydrogen-bond donors (Lipinski definition) is 0. The minimum atomic E-state index is 0.482. The van der Waals surface area contributed by atoms with Gasteiger partial charge in [-0.1, -0.05) is 53.0 Å². The van der Waals surface area contributed by atoms with Crippen LogP contribution < -0.4 is 9.47 Å². The number of ether oxygens (including phenoxy) is 2. The molecule has 0 amide bonds. The van der Waals surface area contributed by atoms with Crippen molar-refractivity contribution in [2.24, 2.45) is 5.92 Å². The van der Waals surface area contributed by atoms with Crippen molar-refractivity contribution in [1.29, 1.82) is 0 Å². The first-order valence-corrected chi connectivity index (χ1v) is 7.80. The molecule has 0 spiro atoms. The van der Waals surface area contributed by atoms with Crippen LogP contribution in [0.5, 0.6) is 11.5 Å². The van der Waals surface area contributed by atoms with Crippen molar-refractivity contribution < 1.29 is 9.47 Å². The van der Waals surface area contributed by atoms with Crippen LogP contribution in [0.15, 0.2) is 17.7 Å². The summed E-state index contributed by atoms with van der Waals surface area (Å²) >= 11 is 9.76. The van der Waals surface area contributed by atoms with E-state index >= 15 is 0 Å². The summed E-state index contributed by atoms with van der Waals surface area (Å²) in [6, 6.07) is 3.85. The summed E-state index contributed by atoms with van der Waals surface area (Å²) < 4.78 is 10.9. The van der Waals surface area contributed by atoms with Gasteiger partial charge in [-0.25, -0.2) is 0 Å². The highest BCUT2D eigenvalue weighted by Gasteiger charge is 2.11. The maximum Gasteiger partial charge on any atom is 0.179 e. The predicted octanol–water partition coefficient (Wildman–Crippen LogP) is 5.18. The van der Waals surface area contributed by atoms with Gasteiger partial charge < -0.3 is 9.47 Å². The number of hydrogen-bond acceptors (Lipinski definition) is 2. The average molecular weight is 348 g/mol. The molecular formula is C15H20BrClO2. The molecule has 0 bridgehead atoms. The Balaban J connectivity index is 3.21. The van der Waals surface area contributed by atoms with Crippen LogP contribution in [-0.2, 0) is 0 Å². The molecule has 0 saturated carbocycles. The zero-order chi connectivity index (χ0) is 14.4. The summed E-state index contributed by atoms with van der Waals surface area (Å²) in [4.78, 5) is 0. The maximum absolute atomic E-state index is 6.25. The second-order valence-corrected chi connectivity index (χ2v) is 5.44. The van der Waals surface area contributed by atoms with E-state index in [1.165, 1.54) is 5.57 Å². The van der Waals surface area contributed by atoms with Crippen molar-refractivity contribution in [2.45, 2.75) is 20.8 Å². The minimum Gasteiger partial charge on any atom is -0.493 e. The summed E-state index contributed by atoms with van der Waals surface area (Å²) in [5.41, 5.74) is 2.33. The third-order valence-electron chi connectivity index (χ3n) is 2.79. The normalized spacial score (nSPS) is 11.8. The van der Waals surface area contributed by atoms with E-state index in [0.717, 1.165) is 10.9 Å². The first-order valence-electron chi connectivity index (χ1n) is 6.30. The van der Waals surface area contributed by atoms with Crippen molar-refractivity contribution in [1.82, 2.24) is 0 Å². The highest BCUT2D eigenvalue weighted by atomic mass is 79.9. The largest absolute Gasteiger partial charge is 0.493 e. The van der Waals surface area contributed by atoms with Crippen LogP contribution in [-0.4, -0.2) is 19.0 Å². The molecule has 0 heterocycles. The summed E-state index contributed by atoms with van der Waals surface area (Å²) in [6.07, 6.45) is 2.13. The lowest BCUT2D eigenvalue weighted by molar-refractivity contribution is 0.311. The Labute approximate surface area is 128 Å². The molecule has 0 radical (unpaired) electrons. The van der Waals surface area contributed by atoms with Crippen LogP contribution in [0.3, 0.4) is 0 Å². The monoisotopic (exact) mass is 346 g/mol. The molecule has 0 unspecified atom stereocenters. The van der Waals surface area contributed by atoms with Crippen LogP contribution in [0.25, 0.3) is 6.08 Å². The van der Waals surface area contributed by atoms with Gasteiger partial charge >= 0.3 is 0 Å². The molecule has 1 rings (SSSR count). The number of rotatable bonds is 6. The summed E-state index contributed by atoms with van der Waals surface area (Å²) in [5.74, 6) is 1.75. The molecule has 4 heteroatoms. The Morgan fingerprint density at radius 2 is 2.11 bits per heavy atom. The first kappa shape index (κ1) is 16.4. The molecule has 0 atom stereocenters. The zero-order valence-corrected chi connectivity index (χ0v) is 14.1. The number of alkyl halides is 1. The second-order valence-electron chi connectivity index (χ2n) is 4.47. The fourth-order valence-corrected chi connectivity index (χ4v) is 2.76. The van der Waals surface area contributed by atoms with E-state index in [2.05, 4.69) is 35.9 Å². The Hall–Kier alpha value is -0.670. The molecular weight excluding hydrogens is 328 g/mol. The molecule has 0 aliphatic rings. The maximum atomic E-state index is 6.25. The average Bonchev–Trinajstić information content (AvgIpc) is 2.38. The number of benzene rings is 1. The highest BCUT2D eigenvalue weighted by Crippen LogP contribution is 2.37. The minimum absolute atomic E-state index is 0.482. The van der Waals surface area contributed by atoms with Gasteiger partial charge in [-0.05, 0) is 30.5 Å². The van der Waals surface area contributed by atoms with Gasteiger partial charge in [0.1, 0.15) is 0 Å². The van der Waals surface area contributed by atoms with Gasteiger partial charge in [0.2, 0.25) is 0 Å². The van der Waals surface area contributed by atoms with E-state index in [4.69, 9.17) is 21.1 Å². The first-order chi connectivity index (χ1) is 9.03. The lowest BCUT2D eigenvalue weighted by Crippen LogP contribution is -1.98. The second kappa shape index (κ2) is 7.81. The molecule has 19 heavy (non-hydrogen) atoms. The quantitative estimate of drug-likeness (QED) is 0.660. The van der Waals surface area contributed by atoms with E-state index in [0.29, 0.717) is 29.0 Å². The molecule has 106 valence electrons. The summed E-state index contributed by atoms with van der Waals surface area (Å²) in [7, 11) is 1.62. The van der Waals surface area contributed by atoms with Crippen LogP contribution >= 0.6 is 27.5 Å². The summed E-state index contributed by atoms with van der Waals surface area (Å²) in [5, 5.41) is 1.42. The SMILES string of the molecule is CCOc1c(Cl)cc(/C=C(/CBr)C(C)C)cc1OC. The van der Waals surface area contributed by atoms with Gasteiger partial charge in [0.15, 0.2) is 11.5 Å². The van der Waals surface area contributed by atoms with E-state index in [1.807, 2.05) is 19.1 Å². The van der Waals surface area contributed by atoms with Crippen LogP contribution in [0.4, 0.5) is 0 Å². The Morgan fingerprint density at radius 3 is 2.58 bits per heavy atom. The Bertz CT molecular complexity index is 456. The lowest BCUT2D eigenvalue weighted by atomic mass is 10.0. The Morgan fingerprint density at radius 1 is 1.42 bits per heavy atom. The van der Waals surface area contributed by atoms with E-state index in [9.17, 15) is 0 Å². The molecule has 1 aromatic carbocycles. The number of halogens is 2. The van der Waals surface area contributed by atoms with Crippen LogP contribution in [0.2, 0.25) is 5.02 Å². The smallest absolute Gasteiger partial charge is 0.179 e. The fraction of sp³-hybridized carbons (Fsp3) is 0.467. The molecule has 2 nitrogen and oxygen atoms in total. The molecule has 0 saturated heterocycles. The molecule has 0 aliphatic carbocycles. The third kappa shape index (κ3) is 4.43. The van der Waals surface area contributed by atoms with Gasteiger partial charge in [-0.2, -0.15) is 0 Å². The molecule has 0 N–H and O–H groups in total. The highest BCUT2D eigenvalue weighted by molar-refractivity contribution is 9.09. The predicted molar refractivity (Wildman–Crippen MR) is 85.8 cm³/mol. The van der Waals surface area contributed by atoms with Gasteiger partial charge in [0.05, 0.1) is 18.7 Å². The third-order valence-corrected chi connectivity index (χ3v) is 3.72. The van der Waals surface area contributed by atoms with Crippen molar-refractivity contribution >= 4 is 33.6 Å². The summed E-state index contributed by atoms with van der Waals surface area (Å²) in [6.45, 7) is 6.82. The number of methoxy groups -OCH3 is 1. The van der Waals surface area contributed by atoms with Crippen LogP contribution in [0, 0.1) is 5.92 Å². The van der Waals surface area contributed by atoms with E-state index in [1.54, 1.807) is 7.11 Å². The van der Waals surface area contributed by atoms with E-state index in [-0.39, 0.29) is 0 Å². The topological polar surface area (TPSA) is 18.5 Å². The van der Waals surface area contributed by atoms with Gasteiger partial charge in [0.25, 0.3) is 0 Å². The van der Waals surface area contributed by atoms with Crippen molar-refractivity contribution in [3.63, 3.8) is 0 Å². The van der Waals surface area contributed by atoms with Crippen molar-refractivity contribution in [3.8, 4) is 11.5 Å². The van der Waals surface area contributed by atoms with Crippen molar-refractivity contribution in [2.75, 3.05) is 19.0 Å². The molecule has 1 aromatic rings. The fourth-order valence-electron chi connectivity index (χ4n) is 1.68. The lowest BCUT2D eigenvalue weighted by Gasteiger charge is -2.13. The van der Waals surface area contributed by atoms with Crippen molar-refractivity contribution in [3.05, 3.63) is 28.3 Å². The van der Waals surface area contributed by atoms with Gasteiger partial charge in [-0.3, -0.25) is 0 Å². The van der Waals surface area contributed by atoms with Gasteiger partial charge in [-0.15, -0.1) is 0 Å². The molecule has 0 aromatic heterocycles. The standard InChI is InChI=1S/C15H20BrClO2/c1-5-19-15-13(17)7-11(8-14(15)18-4)6-12(9-16)10(2)3/h6-8,10H,5,9H2,1-4H3/b12-6-. The molecule has 0 fully saturated rings.